The van der Waals surface area contributed by atoms with Gasteiger partial charge in [-0.2, -0.15) is 4.98 Å². The van der Waals surface area contributed by atoms with Crippen LogP contribution in [0.5, 0.6) is 0 Å². The van der Waals surface area contributed by atoms with E-state index < -0.39 is 5.82 Å². The number of aromatic nitrogens is 2. The monoisotopic (exact) mass is 420 g/mol. The Balaban J connectivity index is 1.59. The Labute approximate surface area is 157 Å². The van der Waals surface area contributed by atoms with Crippen molar-refractivity contribution in [2.24, 2.45) is 0 Å². The van der Waals surface area contributed by atoms with E-state index >= 15 is 0 Å². The number of nitrogens with zero attached hydrogens (tertiary/aromatic N) is 2. The Hall–Kier alpha value is -2.32. The van der Waals surface area contributed by atoms with Crippen molar-refractivity contribution >= 4 is 38.9 Å². The molecule has 25 heavy (non-hydrogen) atoms. The van der Waals surface area contributed by atoms with E-state index in [2.05, 4.69) is 36.7 Å². The van der Waals surface area contributed by atoms with Gasteiger partial charge in [-0.15, -0.1) is 0 Å². The van der Waals surface area contributed by atoms with E-state index in [-0.39, 0.29) is 17.3 Å². The summed E-state index contributed by atoms with van der Waals surface area (Å²) in [4.78, 5) is 4.32. The van der Waals surface area contributed by atoms with Gasteiger partial charge in [-0.25, -0.2) is 4.39 Å². The number of aryl methyl sites for hydroxylation is 1. The average molecular weight is 421 g/mol. The van der Waals surface area contributed by atoms with Gasteiger partial charge in [0.1, 0.15) is 5.82 Å². The highest BCUT2D eigenvalue weighted by Gasteiger charge is 2.10. The van der Waals surface area contributed by atoms with E-state index in [4.69, 9.17) is 16.7 Å². The summed E-state index contributed by atoms with van der Waals surface area (Å²) in [6.07, 6.45) is 0. The molecule has 1 aromatic heterocycles. The van der Waals surface area contributed by atoms with Crippen molar-refractivity contribution < 1.29 is 8.91 Å². The van der Waals surface area contributed by atoms with Crippen molar-refractivity contribution in [1.29, 1.82) is 0 Å². The normalized spacial score (nSPS) is 10.5. The summed E-state index contributed by atoms with van der Waals surface area (Å²) < 4.78 is 19.6. The summed E-state index contributed by atoms with van der Waals surface area (Å²) in [5.74, 6) is 0.494. The fourth-order valence-corrected chi connectivity index (χ4v) is 2.66. The summed E-state index contributed by atoms with van der Waals surface area (Å²) in [7, 11) is 0. The highest BCUT2D eigenvalue weighted by Crippen LogP contribution is 2.19. The maximum absolute atomic E-state index is 13.8. The molecule has 0 atom stereocenters. The molecule has 0 aliphatic rings. The highest BCUT2D eigenvalue weighted by molar-refractivity contribution is 9.10. The zero-order chi connectivity index (χ0) is 17.8. The number of rotatable bonds is 4. The number of hydrogen-bond acceptors (Lipinski definition) is 4. The largest absolute Gasteiger partial charge is 0.353 e. The Kier molecular flexibility index (Phi) is 5.40. The van der Waals surface area contributed by atoms with Crippen LogP contribution in [-0.4, -0.2) is 15.3 Å². The summed E-state index contributed by atoms with van der Waals surface area (Å²) in [6.45, 7) is 2.24. The molecule has 0 amide bonds. The number of hydrogen-bond donors (Lipinski definition) is 2. The van der Waals surface area contributed by atoms with Gasteiger partial charge in [0, 0.05) is 10.0 Å². The molecule has 5 nitrogen and oxygen atoms in total. The van der Waals surface area contributed by atoms with E-state index in [1.54, 1.807) is 12.1 Å². The van der Waals surface area contributed by atoms with Crippen LogP contribution >= 0.6 is 28.1 Å². The topological polar surface area (TPSA) is 63.0 Å². The molecule has 3 aromatic rings. The van der Waals surface area contributed by atoms with Crippen LogP contribution in [0.4, 0.5) is 10.1 Å². The first-order chi connectivity index (χ1) is 12.0. The van der Waals surface area contributed by atoms with Crippen LogP contribution in [0.1, 0.15) is 11.5 Å². The molecule has 128 valence electrons. The molecule has 2 aromatic carbocycles. The lowest BCUT2D eigenvalue weighted by Gasteiger charge is -2.09. The van der Waals surface area contributed by atoms with Gasteiger partial charge in [-0.1, -0.05) is 44.8 Å². The maximum Gasteiger partial charge on any atom is 0.246 e. The molecule has 0 fully saturated rings. The van der Waals surface area contributed by atoms with Crippen LogP contribution in [-0.2, 0) is 6.54 Å². The zero-order valence-corrected chi connectivity index (χ0v) is 15.6. The van der Waals surface area contributed by atoms with Gasteiger partial charge in [0.2, 0.25) is 11.7 Å². The van der Waals surface area contributed by atoms with Gasteiger partial charge in [-0.05, 0) is 43.4 Å². The van der Waals surface area contributed by atoms with Crippen LogP contribution < -0.4 is 10.6 Å². The second kappa shape index (κ2) is 7.71. The van der Waals surface area contributed by atoms with Crippen molar-refractivity contribution in [3.63, 3.8) is 0 Å². The fourth-order valence-electron chi connectivity index (χ4n) is 2.14. The van der Waals surface area contributed by atoms with Gasteiger partial charge in [0.25, 0.3) is 0 Å². The number of nitrogens with one attached hydrogen (secondary N) is 2. The van der Waals surface area contributed by atoms with Gasteiger partial charge in [0.05, 0.1) is 12.2 Å². The van der Waals surface area contributed by atoms with Gasteiger partial charge < -0.3 is 15.2 Å². The van der Waals surface area contributed by atoms with E-state index in [1.807, 2.05) is 31.2 Å². The number of halogens is 2. The van der Waals surface area contributed by atoms with E-state index in [9.17, 15) is 4.39 Å². The minimum Gasteiger partial charge on any atom is -0.353 e. The van der Waals surface area contributed by atoms with Crippen molar-refractivity contribution in [2.45, 2.75) is 13.5 Å². The molecule has 0 spiro atoms. The summed E-state index contributed by atoms with van der Waals surface area (Å²) in [5.41, 5.74) is 2.28. The Morgan fingerprint density at radius 2 is 2.12 bits per heavy atom. The van der Waals surface area contributed by atoms with Crippen LogP contribution in [0, 0.1) is 12.7 Å². The third-order valence-electron chi connectivity index (χ3n) is 3.32. The molecule has 0 unspecified atom stereocenters. The van der Waals surface area contributed by atoms with E-state index in [0.29, 0.717) is 16.2 Å². The van der Waals surface area contributed by atoms with Crippen molar-refractivity contribution in [1.82, 2.24) is 15.5 Å². The SMILES string of the molecule is Cc1cccc(-c2noc(CNC(=S)Nc3ccc(Br)cc3F)n2)c1. The molecular formula is C17H14BrFN4OS. The van der Waals surface area contributed by atoms with E-state index in [0.717, 1.165) is 11.1 Å². The number of anilines is 1. The lowest BCUT2D eigenvalue weighted by molar-refractivity contribution is 0.376. The molecule has 0 aliphatic heterocycles. The fraction of sp³-hybridized carbons (Fsp3) is 0.118. The second-order valence-electron chi connectivity index (χ2n) is 5.31. The Bertz CT molecular complexity index is 915. The molecule has 8 heteroatoms. The molecule has 0 aliphatic carbocycles. The van der Waals surface area contributed by atoms with Crippen LogP contribution in [0.15, 0.2) is 51.5 Å². The summed E-state index contributed by atoms with van der Waals surface area (Å²) in [5, 5.41) is 9.92. The van der Waals surface area contributed by atoms with E-state index in [1.165, 1.54) is 6.07 Å². The predicted molar refractivity (Wildman–Crippen MR) is 102 cm³/mol. The van der Waals surface area contributed by atoms with Gasteiger partial charge in [0.15, 0.2) is 5.11 Å². The first-order valence-corrected chi connectivity index (χ1v) is 8.61. The first-order valence-electron chi connectivity index (χ1n) is 7.41. The molecule has 0 saturated carbocycles. The lowest BCUT2D eigenvalue weighted by atomic mass is 10.1. The highest BCUT2D eigenvalue weighted by atomic mass is 79.9. The summed E-state index contributed by atoms with van der Waals surface area (Å²) >= 11 is 8.36. The predicted octanol–water partition coefficient (Wildman–Crippen LogP) is 4.43. The van der Waals surface area contributed by atoms with Crippen LogP contribution in [0.25, 0.3) is 11.4 Å². The van der Waals surface area contributed by atoms with Crippen molar-refractivity contribution in [3.8, 4) is 11.4 Å². The Morgan fingerprint density at radius 3 is 2.88 bits per heavy atom. The van der Waals surface area contributed by atoms with Crippen molar-refractivity contribution in [3.05, 3.63) is 64.2 Å². The standard InChI is InChI=1S/C17H14BrFN4OS/c1-10-3-2-4-11(7-10)16-22-15(24-23-16)9-20-17(25)21-14-6-5-12(18)8-13(14)19/h2-8H,9H2,1H3,(H2,20,21,25). The second-order valence-corrected chi connectivity index (χ2v) is 6.64. The molecule has 0 saturated heterocycles. The van der Waals surface area contributed by atoms with Gasteiger partial charge >= 0.3 is 0 Å². The third-order valence-corrected chi connectivity index (χ3v) is 4.06. The first kappa shape index (κ1) is 17.5. The molecule has 2 N–H and O–H groups in total. The number of thiocarbonyl (C=S) groups is 1. The molecule has 0 radical (unpaired) electrons. The maximum atomic E-state index is 13.8. The third kappa shape index (κ3) is 4.61. The average Bonchev–Trinajstić information content (AvgIpc) is 3.05. The molecule has 3 rings (SSSR count). The zero-order valence-electron chi connectivity index (χ0n) is 13.2. The molecular weight excluding hydrogens is 407 g/mol. The van der Waals surface area contributed by atoms with Gasteiger partial charge in [-0.3, -0.25) is 0 Å². The van der Waals surface area contributed by atoms with Crippen LogP contribution in [0.2, 0.25) is 0 Å². The Morgan fingerprint density at radius 1 is 1.28 bits per heavy atom. The molecule has 0 bridgehead atoms. The number of benzene rings is 2. The molecule has 1 heterocycles. The quantitative estimate of drug-likeness (QED) is 0.608. The smallest absolute Gasteiger partial charge is 0.246 e. The lowest BCUT2D eigenvalue weighted by Crippen LogP contribution is -2.28. The summed E-state index contributed by atoms with van der Waals surface area (Å²) in [6, 6.07) is 12.5. The minimum absolute atomic E-state index is 0.239. The van der Waals surface area contributed by atoms with Crippen LogP contribution in [0.3, 0.4) is 0 Å². The minimum atomic E-state index is -0.405. The van der Waals surface area contributed by atoms with Crippen molar-refractivity contribution in [2.75, 3.05) is 5.32 Å².